The molecule has 1 saturated carbocycles. The first-order valence-corrected chi connectivity index (χ1v) is 11.2. The predicted molar refractivity (Wildman–Crippen MR) is 121 cm³/mol. The molecule has 35 heavy (non-hydrogen) atoms. The van der Waals surface area contributed by atoms with E-state index in [0.29, 0.717) is 49.0 Å². The number of anilines is 1. The minimum Gasteiger partial charge on any atom is -0.465 e. The first-order chi connectivity index (χ1) is 16.8. The third-order valence-electron chi connectivity index (χ3n) is 6.56. The van der Waals surface area contributed by atoms with Gasteiger partial charge < -0.3 is 19.9 Å². The number of carbonyl (C=O) groups is 1. The predicted octanol–water partition coefficient (Wildman–Crippen LogP) is 4.26. The Bertz CT molecular complexity index is 1460. The minimum atomic E-state index is -4.54. The van der Waals surface area contributed by atoms with Gasteiger partial charge in [-0.2, -0.15) is 13.2 Å². The summed E-state index contributed by atoms with van der Waals surface area (Å²) in [5.41, 5.74) is 1.28. The molecule has 2 fully saturated rings. The zero-order valence-electron chi connectivity index (χ0n) is 18.4. The van der Waals surface area contributed by atoms with Crippen molar-refractivity contribution < 1.29 is 23.1 Å². The highest BCUT2D eigenvalue weighted by Crippen LogP contribution is 2.45. The number of aromatic amines is 1. The van der Waals surface area contributed by atoms with Crippen LogP contribution in [0.15, 0.2) is 30.7 Å². The number of rotatable bonds is 3. The van der Waals surface area contributed by atoms with Crippen LogP contribution in [0.25, 0.3) is 33.3 Å². The highest BCUT2D eigenvalue weighted by molar-refractivity contribution is 5.97. The van der Waals surface area contributed by atoms with E-state index in [-0.39, 0.29) is 16.9 Å². The number of hydrogen-bond donors (Lipinski definition) is 2. The van der Waals surface area contributed by atoms with Crippen LogP contribution >= 0.6 is 0 Å². The molecule has 180 valence electrons. The molecule has 4 aromatic rings. The van der Waals surface area contributed by atoms with Crippen molar-refractivity contribution in [1.82, 2.24) is 29.8 Å². The largest absolute Gasteiger partial charge is 0.465 e. The van der Waals surface area contributed by atoms with Crippen molar-refractivity contribution in [2.75, 3.05) is 31.1 Å². The molecule has 1 amide bonds. The van der Waals surface area contributed by atoms with Gasteiger partial charge in [0.05, 0.1) is 11.7 Å². The van der Waals surface area contributed by atoms with Gasteiger partial charge in [0.15, 0.2) is 5.82 Å². The van der Waals surface area contributed by atoms with Crippen molar-refractivity contribution in [2.45, 2.75) is 24.9 Å². The summed E-state index contributed by atoms with van der Waals surface area (Å²) in [7, 11) is 0. The summed E-state index contributed by atoms with van der Waals surface area (Å²) in [6.07, 6.45) is 1.47. The molecule has 2 aliphatic rings. The monoisotopic (exact) mass is 483 g/mol. The third kappa shape index (κ3) is 3.78. The number of alkyl halides is 3. The van der Waals surface area contributed by atoms with E-state index in [0.717, 1.165) is 29.9 Å². The maximum Gasteiger partial charge on any atom is 0.431 e. The van der Waals surface area contributed by atoms with E-state index in [1.807, 2.05) is 11.1 Å². The van der Waals surface area contributed by atoms with Crippen molar-refractivity contribution in [3.05, 3.63) is 42.0 Å². The van der Waals surface area contributed by atoms with E-state index in [9.17, 15) is 23.1 Å². The Balaban J connectivity index is 1.52. The summed E-state index contributed by atoms with van der Waals surface area (Å²) in [4.78, 5) is 35.1. The fourth-order valence-corrected chi connectivity index (χ4v) is 4.63. The highest BCUT2D eigenvalue weighted by Gasteiger charge is 2.34. The second-order valence-electron chi connectivity index (χ2n) is 8.83. The standard InChI is InChI=1S/C23H20F3N7O2/c24-23(25,26)17-9-14-13(3-4-28-19(14)30-17)20-29-16-11-27-10-15(12-1-2-12)18(16)21(31-20)32-5-7-33(8-6-32)22(34)35/h3-4,9-12H,1-2,5-8H2,(H,28,30)(H,34,35). The molecule has 1 saturated heterocycles. The maximum atomic E-state index is 13.3. The maximum absolute atomic E-state index is 13.3. The van der Waals surface area contributed by atoms with Gasteiger partial charge in [0.1, 0.15) is 17.2 Å². The second kappa shape index (κ2) is 7.79. The van der Waals surface area contributed by atoms with Gasteiger partial charge in [-0.15, -0.1) is 0 Å². The van der Waals surface area contributed by atoms with Gasteiger partial charge in [0.2, 0.25) is 0 Å². The van der Waals surface area contributed by atoms with Crippen molar-refractivity contribution in [3.63, 3.8) is 0 Å². The number of nitrogens with zero attached hydrogens (tertiary/aromatic N) is 6. The number of halogens is 3. The zero-order valence-corrected chi connectivity index (χ0v) is 18.4. The quantitative estimate of drug-likeness (QED) is 0.448. The number of piperazine rings is 1. The molecular formula is C23H20F3N7O2. The van der Waals surface area contributed by atoms with Gasteiger partial charge in [-0.1, -0.05) is 0 Å². The van der Waals surface area contributed by atoms with Crippen LogP contribution in [0.5, 0.6) is 0 Å². The minimum absolute atomic E-state index is 0.0972. The van der Waals surface area contributed by atoms with Crippen LogP contribution in [0.3, 0.4) is 0 Å². The van der Waals surface area contributed by atoms with Crippen molar-refractivity contribution >= 4 is 33.8 Å². The average Bonchev–Trinajstić information content (AvgIpc) is 3.59. The number of pyridine rings is 2. The van der Waals surface area contributed by atoms with Gasteiger partial charge in [0, 0.05) is 54.9 Å². The van der Waals surface area contributed by atoms with Crippen LogP contribution in [-0.4, -0.2) is 67.2 Å². The molecule has 1 aliphatic carbocycles. The van der Waals surface area contributed by atoms with Crippen molar-refractivity contribution in [3.8, 4) is 11.4 Å². The molecule has 0 aromatic carbocycles. The first-order valence-electron chi connectivity index (χ1n) is 11.2. The smallest absolute Gasteiger partial charge is 0.431 e. The van der Waals surface area contributed by atoms with Gasteiger partial charge in [-0.05, 0) is 36.5 Å². The van der Waals surface area contributed by atoms with Gasteiger partial charge >= 0.3 is 12.3 Å². The topological polar surface area (TPSA) is 111 Å². The number of amides is 1. The Morgan fingerprint density at radius 2 is 1.89 bits per heavy atom. The van der Waals surface area contributed by atoms with E-state index in [2.05, 4.69) is 15.0 Å². The molecule has 0 unspecified atom stereocenters. The van der Waals surface area contributed by atoms with E-state index < -0.39 is 18.0 Å². The van der Waals surface area contributed by atoms with Crippen LogP contribution in [0.2, 0.25) is 0 Å². The Morgan fingerprint density at radius 3 is 2.57 bits per heavy atom. The fraction of sp³-hybridized carbons (Fsp3) is 0.348. The van der Waals surface area contributed by atoms with E-state index in [4.69, 9.17) is 9.97 Å². The molecule has 1 aliphatic heterocycles. The lowest BCUT2D eigenvalue weighted by molar-refractivity contribution is -0.140. The summed E-state index contributed by atoms with van der Waals surface area (Å²) >= 11 is 0. The molecule has 9 nitrogen and oxygen atoms in total. The van der Waals surface area contributed by atoms with Crippen LogP contribution in [0, 0.1) is 0 Å². The summed E-state index contributed by atoms with van der Waals surface area (Å²) in [6, 6.07) is 2.62. The normalized spacial score (nSPS) is 16.9. The first kappa shape index (κ1) is 21.6. The average molecular weight is 483 g/mol. The summed E-state index contributed by atoms with van der Waals surface area (Å²) in [5, 5.41) is 10.5. The van der Waals surface area contributed by atoms with Gasteiger partial charge in [-0.25, -0.2) is 19.7 Å². The molecular weight excluding hydrogens is 463 g/mol. The Labute approximate surface area is 196 Å². The molecule has 6 rings (SSSR count). The lowest BCUT2D eigenvalue weighted by Gasteiger charge is -2.34. The molecule has 12 heteroatoms. The molecule has 0 spiro atoms. The molecule has 0 radical (unpaired) electrons. The van der Waals surface area contributed by atoms with E-state index in [1.165, 1.54) is 11.1 Å². The third-order valence-corrected chi connectivity index (χ3v) is 6.56. The number of hydrogen-bond acceptors (Lipinski definition) is 6. The molecule has 5 heterocycles. The second-order valence-corrected chi connectivity index (χ2v) is 8.83. The SMILES string of the molecule is O=C(O)N1CCN(c2nc(-c3ccnc4[nH]c(C(F)(F)F)cc34)nc3cncc(C4CC4)c23)CC1. The summed E-state index contributed by atoms with van der Waals surface area (Å²) in [5.74, 6) is 1.28. The lowest BCUT2D eigenvalue weighted by atomic mass is 10.1. The fourth-order valence-electron chi connectivity index (χ4n) is 4.63. The number of aromatic nitrogens is 5. The Kier molecular flexibility index (Phi) is 4.80. The zero-order chi connectivity index (χ0) is 24.3. The summed E-state index contributed by atoms with van der Waals surface area (Å²) in [6.45, 7) is 1.54. The Morgan fingerprint density at radius 1 is 1.11 bits per heavy atom. The van der Waals surface area contributed by atoms with E-state index >= 15 is 0 Å². The Hall–Kier alpha value is -3.96. The van der Waals surface area contributed by atoms with E-state index in [1.54, 1.807) is 12.3 Å². The highest BCUT2D eigenvalue weighted by atomic mass is 19.4. The van der Waals surface area contributed by atoms with Crippen LogP contribution < -0.4 is 4.90 Å². The van der Waals surface area contributed by atoms with Crippen molar-refractivity contribution in [2.24, 2.45) is 0 Å². The molecule has 2 N–H and O–H groups in total. The number of fused-ring (bicyclic) bond motifs is 2. The van der Waals surface area contributed by atoms with Crippen molar-refractivity contribution in [1.29, 1.82) is 0 Å². The molecule has 4 aromatic heterocycles. The molecule has 0 atom stereocenters. The van der Waals surface area contributed by atoms with Crippen LogP contribution in [0.4, 0.5) is 23.8 Å². The summed E-state index contributed by atoms with van der Waals surface area (Å²) < 4.78 is 40.0. The number of carboxylic acid groups (broad SMARTS) is 1. The van der Waals surface area contributed by atoms with Gasteiger partial charge in [0.25, 0.3) is 0 Å². The van der Waals surface area contributed by atoms with Crippen LogP contribution in [0.1, 0.15) is 30.0 Å². The molecule has 0 bridgehead atoms. The van der Waals surface area contributed by atoms with Gasteiger partial charge in [-0.3, -0.25) is 4.98 Å². The number of H-pyrrole nitrogens is 1. The van der Waals surface area contributed by atoms with Crippen LogP contribution in [-0.2, 0) is 6.18 Å². The number of nitrogens with one attached hydrogen (secondary N) is 1. The lowest BCUT2D eigenvalue weighted by Crippen LogP contribution is -2.48.